The van der Waals surface area contributed by atoms with Gasteiger partial charge in [0.15, 0.2) is 4.77 Å². The van der Waals surface area contributed by atoms with Gasteiger partial charge in [0.2, 0.25) is 0 Å². The Hall–Kier alpha value is -0.980. The fourth-order valence-electron chi connectivity index (χ4n) is 2.84. The molecule has 2 N–H and O–H groups in total. The number of fused-ring (bicyclic) bond motifs is 1. The van der Waals surface area contributed by atoms with E-state index in [9.17, 15) is 0 Å². The lowest BCUT2D eigenvalue weighted by molar-refractivity contribution is 0.311. The molecule has 3 rings (SSSR count). The monoisotopic (exact) mass is 279 g/mol. The van der Waals surface area contributed by atoms with E-state index >= 15 is 0 Å². The molecule has 104 valence electrons. The molecule has 2 aliphatic rings. The number of nitrogens with zero attached hydrogens (tertiary/aromatic N) is 3. The highest BCUT2D eigenvalue weighted by Crippen LogP contribution is 2.23. The summed E-state index contributed by atoms with van der Waals surface area (Å²) in [7, 11) is 2.17. The number of aromatic amines is 1. The summed E-state index contributed by atoms with van der Waals surface area (Å²) in [6, 6.07) is 0. The molecule has 0 saturated carbocycles. The molecule has 0 radical (unpaired) electrons. The van der Waals surface area contributed by atoms with Crippen LogP contribution in [-0.2, 0) is 12.8 Å². The second kappa shape index (κ2) is 5.56. The van der Waals surface area contributed by atoms with Crippen LogP contribution >= 0.6 is 12.2 Å². The Morgan fingerprint density at radius 3 is 2.63 bits per heavy atom. The summed E-state index contributed by atoms with van der Waals surface area (Å²) in [6.45, 7) is 6.33. The van der Waals surface area contributed by atoms with E-state index in [2.05, 4.69) is 32.1 Å². The zero-order valence-corrected chi connectivity index (χ0v) is 12.2. The first-order valence-electron chi connectivity index (χ1n) is 7.00. The predicted octanol–water partition coefficient (Wildman–Crippen LogP) is 0.579. The average molecular weight is 279 g/mol. The molecule has 0 unspecified atom stereocenters. The lowest BCUT2D eigenvalue weighted by Crippen LogP contribution is -2.45. The highest BCUT2D eigenvalue weighted by atomic mass is 32.1. The van der Waals surface area contributed by atoms with E-state index in [-0.39, 0.29) is 0 Å². The second-order valence-electron chi connectivity index (χ2n) is 5.36. The Bertz CT molecular complexity index is 504. The van der Waals surface area contributed by atoms with E-state index in [0.717, 1.165) is 57.9 Å². The summed E-state index contributed by atoms with van der Waals surface area (Å²) < 4.78 is 0.620. The van der Waals surface area contributed by atoms with E-state index < -0.39 is 0 Å². The van der Waals surface area contributed by atoms with Crippen molar-refractivity contribution in [2.75, 3.05) is 51.2 Å². The minimum absolute atomic E-state index is 0.620. The van der Waals surface area contributed by atoms with Gasteiger partial charge in [0.25, 0.3) is 0 Å². The van der Waals surface area contributed by atoms with Gasteiger partial charge in [-0.05, 0) is 32.2 Å². The second-order valence-corrected chi connectivity index (χ2v) is 5.75. The molecule has 3 heterocycles. The minimum atomic E-state index is 0.620. The van der Waals surface area contributed by atoms with Crippen LogP contribution in [0.15, 0.2) is 0 Å². The van der Waals surface area contributed by atoms with Gasteiger partial charge < -0.3 is 20.1 Å². The molecule has 0 spiro atoms. The van der Waals surface area contributed by atoms with Crippen molar-refractivity contribution in [2.24, 2.45) is 0 Å². The largest absolute Gasteiger partial charge is 0.354 e. The zero-order chi connectivity index (χ0) is 13.2. The van der Waals surface area contributed by atoms with Gasteiger partial charge >= 0.3 is 0 Å². The third kappa shape index (κ3) is 2.80. The van der Waals surface area contributed by atoms with Crippen LogP contribution in [0.5, 0.6) is 0 Å². The Labute approximate surface area is 119 Å². The maximum atomic E-state index is 5.30. The van der Waals surface area contributed by atoms with Crippen molar-refractivity contribution in [3.63, 3.8) is 0 Å². The third-order valence-corrected chi connectivity index (χ3v) is 4.20. The molecule has 2 aliphatic heterocycles. The van der Waals surface area contributed by atoms with Crippen molar-refractivity contribution in [1.82, 2.24) is 20.2 Å². The fraction of sp³-hybridized carbons (Fsp3) is 0.692. The van der Waals surface area contributed by atoms with E-state index in [1.807, 2.05) is 0 Å². The SMILES string of the molecule is CN1CCN(c2nc(=S)[nH]c3c2CCNCC3)CC1. The number of likely N-dealkylation sites (N-methyl/N-ethyl adjacent to an activating group) is 1. The Kier molecular flexibility index (Phi) is 3.81. The smallest absolute Gasteiger partial charge is 0.198 e. The van der Waals surface area contributed by atoms with E-state index in [1.165, 1.54) is 11.3 Å². The standard InChI is InChI=1S/C13H21N5S/c1-17-6-8-18(9-7-17)12-10-2-4-14-5-3-11(10)15-13(19)16-12/h14H,2-9H2,1H3,(H,15,16,19). The van der Waals surface area contributed by atoms with Crippen LogP contribution in [0.3, 0.4) is 0 Å². The molecule has 0 atom stereocenters. The summed E-state index contributed by atoms with van der Waals surface area (Å²) in [6.07, 6.45) is 2.05. The van der Waals surface area contributed by atoms with Crippen molar-refractivity contribution in [1.29, 1.82) is 0 Å². The van der Waals surface area contributed by atoms with Crippen LogP contribution in [0.25, 0.3) is 0 Å². The first-order chi connectivity index (χ1) is 9.24. The number of rotatable bonds is 1. The van der Waals surface area contributed by atoms with Crippen LogP contribution in [0.1, 0.15) is 11.3 Å². The van der Waals surface area contributed by atoms with Crippen LogP contribution < -0.4 is 10.2 Å². The summed E-state index contributed by atoms with van der Waals surface area (Å²) in [5.74, 6) is 1.12. The average Bonchev–Trinajstić information content (AvgIpc) is 2.64. The normalized spacial score (nSPS) is 21.0. The summed E-state index contributed by atoms with van der Waals surface area (Å²) in [5, 5.41) is 3.44. The molecular weight excluding hydrogens is 258 g/mol. The van der Waals surface area contributed by atoms with E-state index in [1.54, 1.807) is 0 Å². The number of nitrogens with one attached hydrogen (secondary N) is 2. The van der Waals surface area contributed by atoms with Crippen LogP contribution in [0, 0.1) is 4.77 Å². The van der Waals surface area contributed by atoms with Gasteiger partial charge in [0, 0.05) is 50.4 Å². The van der Waals surface area contributed by atoms with Gasteiger partial charge in [-0.15, -0.1) is 0 Å². The number of anilines is 1. The topological polar surface area (TPSA) is 47.2 Å². The van der Waals surface area contributed by atoms with Crippen molar-refractivity contribution < 1.29 is 0 Å². The molecule has 1 fully saturated rings. The van der Waals surface area contributed by atoms with Crippen molar-refractivity contribution in [2.45, 2.75) is 12.8 Å². The molecule has 19 heavy (non-hydrogen) atoms. The molecular formula is C13H21N5S. The predicted molar refractivity (Wildman–Crippen MR) is 79.4 cm³/mol. The van der Waals surface area contributed by atoms with Gasteiger partial charge in [-0.25, -0.2) is 4.98 Å². The molecule has 6 heteroatoms. The molecule has 5 nitrogen and oxygen atoms in total. The van der Waals surface area contributed by atoms with Crippen molar-refractivity contribution >= 4 is 18.0 Å². The number of hydrogen-bond donors (Lipinski definition) is 2. The van der Waals surface area contributed by atoms with Crippen LogP contribution in [-0.4, -0.2) is 61.2 Å². The molecule has 0 aromatic carbocycles. The Balaban J connectivity index is 1.96. The van der Waals surface area contributed by atoms with Crippen molar-refractivity contribution in [3.8, 4) is 0 Å². The number of piperazine rings is 1. The molecule has 1 aromatic heterocycles. The fourth-order valence-corrected chi connectivity index (χ4v) is 3.05. The number of hydrogen-bond acceptors (Lipinski definition) is 5. The summed E-state index contributed by atoms with van der Waals surface area (Å²) >= 11 is 5.30. The van der Waals surface area contributed by atoms with Gasteiger partial charge in [-0.2, -0.15) is 0 Å². The van der Waals surface area contributed by atoms with Crippen molar-refractivity contribution in [3.05, 3.63) is 16.0 Å². The van der Waals surface area contributed by atoms with E-state index in [0.29, 0.717) is 4.77 Å². The zero-order valence-electron chi connectivity index (χ0n) is 11.4. The Morgan fingerprint density at radius 1 is 1.11 bits per heavy atom. The van der Waals surface area contributed by atoms with Crippen LogP contribution in [0.4, 0.5) is 5.82 Å². The first-order valence-corrected chi connectivity index (χ1v) is 7.41. The first kappa shape index (κ1) is 13.0. The molecule has 0 amide bonds. The van der Waals surface area contributed by atoms with E-state index in [4.69, 9.17) is 12.2 Å². The molecule has 0 aliphatic carbocycles. The molecule has 1 aromatic rings. The van der Waals surface area contributed by atoms with Crippen LogP contribution in [0.2, 0.25) is 0 Å². The Morgan fingerprint density at radius 2 is 1.84 bits per heavy atom. The molecule has 1 saturated heterocycles. The van der Waals surface area contributed by atoms with Gasteiger partial charge in [-0.3, -0.25) is 0 Å². The van der Waals surface area contributed by atoms with Gasteiger partial charge in [-0.1, -0.05) is 0 Å². The van der Waals surface area contributed by atoms with Gasteiger partial charge in [0.05, 0.1) is 0 Å². The lowest BCUT2D eigenvalue weighted by atomic mass is 10.1. The number of aromatic nitrogens is 2. The maximum absolute atomic E-state index is 5.30. The minimum Gasteiger partial charge on any atom is -0.354 e. The summed E-state index contributed by atoms with van der Waals surface area (Å²) in [4.78, 5) is 12.7. The highest BCUT2D eigenvalue weighted by molar-refractivity contribution is 7.71. The quantitative estimate of drug-likeness (QED) is 0.737. The van der Waals surface area contributed by atoms with Gasteiger partial charge in [0.1, 0.15) is 5.82 Å². The maximum Gasteiger partial charge on any atom is 0.198 e. The molecule has 0 bridgehead atoms. The number of H-pyrrole nitrogens is 1. The third-order valence-electron chi connectivity index (χ3n) is 4.01. The summed E-state index contributed by atoms with van der Waals surface area (Å²) in [5.41, 5.74) is 2.64. The lowest BCUT2D eigenvalue weighted by Gasteiger charge is -2.34. The highest BCUT2D eigenvalue weighted by Gasteiger charge is 2.21.